The number of carbonyl (C=O) groups excluding carboxylic acids is 1. The van der Waals surface area contributed by atoms with Crippen molar-refractivity contribution in [1.82, 2.24) is 10.2 Å². The maximum Gasteiger partial charge on any atom is 0.407 e. The zero-order valence-electron chi connectivity index (χ0n) is 17.5. The number of benzene rings is 1. The van der Waals surface area contributed by atoms with Crippen LogP contribution in [0.2, 0.25) is 0 Å². The summed E-state index contributed by atoms with van der Waals surface area (Å²) in [4.78, 5) is 26.4. The van der Waals surface area contributed by atoms with Crippen LogP contribution in [0.5, 0.6) is 0 Å². The monoisotopic (exact) mass is 398 g/mol. The summed E-state index contributed by atoms with van der Waals surface area (Å²) in [7, 11) is 0. The van der Waals surface area contributed by atoms with E-state index in [1.807, 2.05) is 20.8 Å². The lowest BCUT2D eigenvalue weighted by atomic mass is 10.0. The van der Waals surface area contributed by atoms with E-state index in [9.17, 15) is 9.59 Å². The summed E-state index contributed by atoms with van der Waals surface area (Å²) < 4.78 is 10.8. The lowest BCUT2D eigenvalue weighted by Crippen LogP contribution is -2.45. The van der Waals surface area contributed by atoms with Crippen molar-refractivity contribution in [3.63, 3.8) is 0 Å². The maximum absolute atomic E-state index is 12.1. The summed E-state index contributed by atoms with van der Waals surface area (Å²) in [6.07, 6.45) is 4.73. The minimum atomic E-state index is -0.486. The average molecular weight is 399 g/mol. The molecule has 4 rings (SSSR count). The van der Waals surface area contributed by atoms with Gasteiger partial charge in [0.05, 0.1) is 0 Å². The van der Waals surface area contributed by atoms with E-state index in [1.54, 1.807) is 6.07 Å². The van der Waals surface area contributed by atoms with Gasteiger partial charge in [0.2, 0.25) is 0 Å². The van der Waals surface area contributed by atoms with Crippen LogP contribution < -0.4 is 10.9 Å². The highest BCUT2D eigenvalue weighted by Crippen LogP contribution is 2.29. The second-order valence-corrected chi connectivity index (χ2v) is 9.26. The minimum Gasteiger partial charge on any atom is -0.444 e. The van der Waals surface area contributed by atoms with E-state index in [2.05, 4.69) is 22.3 Å². The highest BCUT2D eigenvalue weighted by molar-refractivity contribution is 5.82. The molecule has 6 nitrogen and oxygen atoms in total. The van der Waals surface area contributed by atoms with Crippen molar-refractivity contribution in [2.24, 2.45) is 0 Å². The van der Waals surface area contributed by atoms with E-state index in [0.717, 1.165) is 56.3 Å². The average Bonchev–Trinajstić information content (AvgIpc) is 3.07. The third-order valence-corrected chi connectivity index (χ3v) is 5.75. The molecule has 0 saturated carbocycles. The fraction of sp³-hybridized carbons (Fsp3) is 0.565. The van der Waals surface area contributed by atoms with E-state index in [4.69, 9.17) is 9.15 Å². The molecule has 1 aromatic carbocycles. The number of rotatable bonds is 3. The van der Waals surface area contributed by atoms with Gasteiger partial charge in [-0.25, -0.2) is 9.59 Å². The molecule has 0 atom stereocenters. The molecular weight excluding hydrogens is 368 g/mol. The van der Waals surface area contributed by atoms with Gasteiger partial charge >= 0.3 is 11.7 Å². The van der Waals surface area contributed by atoms with E-state index in [-0.39, 0.29) is 17.8 Å². The molecule has 0 unspecified atom stereocenters. The number of ether oxygens (including phenoxy) is 1. The Bertz CT molecular complexity index is 965. The van der Waals surface area contributed by atoms with Crippen LogP contribution in [0.4, 0.5) is 4.79 Å². The van der Waals surface area contributed by atoms with Gasteiger partial charge in [0.25, 0.3) is 0 Å². The summed E-state index contributed by atoms with van der Waals surface area (Å²) >= 11 is 0. The first-order valence-corrected chi connectivity index (χ1v) is 10.6. The largest absolute Gasteiger partial charge is 0.444 e. The van der Waals surface area contributed by atoms with Crippen LogP contribution in [0.1, 0.15) is 56.7 Å². The Labute approximate surface area is 171 Å². The van der Waals surface area contributed by atoms with Gasteiger partial charge < -0.3 is 14.5 Å². The quantitative estimate of drug-likeness (QED) is 0.797. The van der Waals surface area contributed by atoms with Crippen LogP contribution in [0.25, 0.3) is 11.0 Å². The SMILES string of the molecule is CC(C)(C)OC(=O)NC1CCN(Cc2cc(=O)oc3cc4c(cc23)CCC4)CC1. The van der Waals surface area contributed by atoms with Crippen LogP contribution in [0, 0.1) is 0 Å². The Hall–Kier alpha value is -2.34. The fourth-order valence-electron chi connectivity index (χ4n) is 4.38. The Morgan fingerprint density at radius 1 is 1.17 bits per heavy atom. The number of fused-ring (bicyclic) bond motifs is 2. The molecule has 2 aliphatic rings. The van der Waals surface area contributed by atoms with Gasteiger partial charge in [-0.05, 0) is 81.7 Å². The van der Waals surface area contributed by atoms with E-state index in [1.165, 1.54) is 17.5 Å². The van der Waals surface area contributed by atoms with Crippen molar-refractivity contribution in [3.05, 3.63) is 45.3 Å². The number of carbonyl (C=O) groups is 1. The van der Waals surface area contributed by atoms with Gasteiger partial charge in [-0.15, -0.1) is 0 Å². The fourth-order valence-corrected chi connectivity index (χ4v) is 4.38. The molecular formula is C23H30N2O4. The second kappa shape index (κ2) is 7.82. The highest BCUT2D eigenvalue weighted by Gasteiger charge is 2.24. The number of likely N-dealkylation sites (tertiary alicyclic amines) is 1. The number of nitrogens with one attached hydrogen (secondary N) is 1. The number of aryl methyl sites for hydroxylation is 2. The first kappa shape index (κ1) is 20.0. The van der Waals surface area contributed by atoms with Crippen molar-refractivity contribution in [2.75, 3.05) is 13.1 Å². The molecule has 2 heterocycles. The molecule has 1 saturated heterocycles. The molecule has 0 spiro atoms. The minimum absolute atomic E-state index is 0.127. The molecule has 2 aromatic rings. The van der Waals surface area contributed by atoms with Gasteiger partial charge in [0.1, 0.15) is 11.2 Å². The zero-order chi connectivity index (χ0) is 20.6. The van der Waals surface area contributed by atoms with Gasteiger partial charge in [-0.2, -0.15) is 0 Å². The summed E-state index contributed by atoms with van der Waals surface area (Å²) in [5.74, 6) is 0. The number of hydrogen-bond acceptors (Lipinski definition) is 5. The number of alkyl carbamates (subject to hydrolysis) is 1. The zero-order valence-corrected chi connectivity index (χ0v) is 17.5. The Morgan fingerprint density at radius 3 is 2.55 bits per heavy atom. The van der Waals surface area contributed by atoms with Gasteiger partial charge in [0, 0.05) is 37.1 Å². The molecule has 1 aliphatic carbocycles. The predicted octanol–water partition coefficient (Wildman–Crippen LogP) is 3.77. The van der Waals surface area contributed by atoms with E-state index < -0.39 is 5.60 Å². The molecule has 29 heavy (non-hydrogen) atoms. The van der Waals surface area contributed by atoms with Gasteiger partial charge in [0.15, 0.2) is 0 Å². The second-order valence-electron chi connectivity index (χ2n) is 9.26. The first-order chi connectivity index (χ1) is 13.8. The number of piperidine rings is 1. The molecule has 156 valence electrons. The van der Waals surface area contributed by atoms with Crippen LogP contribution in [-0.2, 0) is 24.1 Å². The number of nitrogens with zero attached hydrogens (tertiary/aromatic N) is 1. The Morgan fingerprint density at radius 2 is 1.86 bits per heavy atom. The van der Waals surface area contributed by atoms with Crippen molar-refractivity contribution in [2.45, 2.75) is 71.1 Å². The Kier molecular flexibility index (Phi) is 5.38. The summed E-state index contributed by atoms with van der Waals surface area (Å²) in [5, 5.41) is 4.03. The summed E-state index contributed by atoms with van der Waals surface area (Å²) in [6, 6.07) is 6.03. The predicted molar refractivity (Wildman–Crippen MR) is 112 cm³/mol. The lowest BCUT2D eigenvalue weighted by Gasteiger charge is -2.33. The topological polar surface area (TPSA) is 71.8 Å². The highest BCUT2D eigenvalue weighted by atomic mass is 16.6. The van der Waals surface area contributed by atoms with E-state index in [0.29, 0.717) is 5.58 Å². The third-order valence-electron chi connectivity index (χ3n) is 5.75. The van der Waals surface area contributed by atoms with Crippen molar-refractivity contribution in [3.8, 4) is 0 Å². The number of hydrogen-bond donors (Lipinski definition) is 1. The summed E-state index contributed by atoms with van der Waals surface area (Å²) in [5.41, 5.74) is 3.66. The van der Waals surface area contributed by atoms with Crippen LogP contribution >= 0.6 is 0 Å². The number of amides is 1. The van der Waals surface area contributed by atoms with E-state index >= 15 is 0 Å². The van der Waals surface area contributed by atoms with Gasteiger partial charge in [-0.3, -0.25) is 4.90 Å². The van der Waals surface area contributed by atoms with Crippen LogP contribution in [-0.4, -0.2) is 35.7 Å². The smallest absolute Gasteiger partial charge is 0.407 e. The van der Waals surface area contributed by atoms with Crippen LogP contribution in [0.3, 0.4) is 0 Å². The van der Waals surface area contributed by atoms with Crippen molar-refractivity contribution >= 4 is 17.1 Å². The maximum atomic E-state index is 12.1. The van der Waals surface area contributed by atoms with Crippen molar-refractivity contribution < 1.29 is 13.9 Å². The normalized spacial score (nSPS) is 18.0. The molecule has 0 bridgehead atoms. The molecule has 1 fully saturated rings. The molecule has 1 N–H and O–H groups in total. The lowest BCUT2D eigenvalue weighted by molar-refractivity contribution is 0.0477. The third kappa shape index (κ3) is 4.81. The van der Waals surface area contributed by atoms with Crippen molar-refractivity contribution in [1.29, 1.82) is 0 Å². The van der Waals surface area contributed by atoms with Gasteiger partial charge in [-0.1, -0.05) is 0 Å². The van der Waals surface area contributed by atoms with Crippen LogP contribution in [0.15, 0.2) is 27.4 Å². The summed E-state index contributed by atoms with van der Waals surface area (Å²) in [6.45, 7) is 8.06. The molecule has 6 heteroatoms. The molecule has 0 radical (unpaired) electrons. The molecule has 1 aliphatic heterocycles. The molecule has 1 amide bonds. The first-order valence-electron chi connectivity index (χ1n) is 10.6. The standard InChI is InChI=1S/C23H30N2O4/c1-23(2,3)29-22(27)24-18-7-9-25(10-8-18)14-17-13-21(26)28-20-12-16-6-4-5-15(16)11-19(17)20/h11-13,18H,4-10,14H2,1-3H3,(H,24,27). The molecule has 1 aromatic heterocycles. The Balaban J connectivity index is 1.41.